The fourth-order valence-electron chi connectivity index (χ4n) is 4.80. The summed E-state index contributed by atoms with van der Waals surface area (Å²) in [6.45, 7) is 0. The highest BCUT2D eigenvalue weighted by molar-refractivity contribution is 6.33. The van der Waals surface area contributed by atoms with E-state index in [2.05, 4.69) is 0 Å². The van der Waals surface area contributed by atoms with Crippen molar-refractivity contribution in [3.8, 4) is 17.2 Å². The van der Waals surface area contributed by atoms with Gasteiger partial charge in [0.15, 0.2) is 17.3 Å². The maximum atomic E-state index is 13.7. The molecule has 44 heavy (non-hydrogen) atoms. The Bertz CT molecular complexity index is 1730. The Hall–Kier alpha value is -5.63. The van der Waals surface area contributed by atoms with Crippen molar-refractivity contribution in [2.75, 3.05) is 45.2 Å². The van der Waals surface area contributed by atoms with Crippen LogP contribution in [0.2, 0.25) is 0 Å². The summed E-state index contributed by atoms with van der Waals surface area (Å²) in [4.78, 5) is 35.1. The van der Waals surface area contributed by atoms with Crippen molar-refractivity contribution in [1.29, 1.82) is 0 Å². The predicted molar refractivity (Wildman–Crippen MR) is 175 cm³/mol. The molecule has 5 rings (SSSR count). The summed E-state index contributed by atoms with van der Waals surface area (Å²) in [5, 5.41) is 0. The van der Waals surface area contributed by atoms with Gasteiger partial charge in [-0.15, -0.1) is 0 Å². The molecule has 4 aromatic carbocycles. The summed E-state index contributed by atoms with van der Waals surface area (Å²) in [6.07, 6.45) is 4.96. The lowest BCUT2D eigenvalue weighted by molar-refractivity contribution is -0.113. The second-order valence-electron chi connectivity index (χ2n) is 10.2. The quantitative estimate of drug-likeness (QED) is 0.156. The largest absolute Gasteiger partial charge is 0.493 e. The molecule has 0 aromatic heterocycles. The number of amidine groups is 1. The van der Waals surface area contributed by atoms with Crippen molar-refractivity contribution in [3.05, 3.63) is 125 Å². The van der Waals surface area contributed by atoms with Crippen molar-refractivity contribution >= 4 is 41.1 Å². The molecule has 0 bridgehead atoms. The summed E-state index contributed by atoms with van der Waals surface area (Å²) in [7, 11) is 8.57. The van der Waals surface area contributed by atoms with Crippen molar-refractivity contribution in [2.45, 2.75) is 0 Å². The van der Waals surface area contributed by atoms with E-state index in [0.29, 0.717) is 45.6 Å². The number of nitrogens with zero attached hydrogens (tertiary/aromatic N) is 3. The first kappa shape index (κ1) is 29.8. The van der Waals surface area contributed by atoms with E-state index in [1.54, 1.807) is 53.5 Å². The minimum absolute atomic E-state index is 0.197. The summed E-state index contributed by atoms with van der Waals surface area (Å²) >= 11 is 0. The number of hydrogen-bond donors (Lipinski definition) is 0. The molecule has 0 N–H and O–H groups in total. The molecule has 0 aliphatic carbocycles. The average molecular weight is 588 g/mol. The van der Waals surface area contributed by atoms with Crippen LogP contribution in [0.15, 0.2) is 108 Å². The van der Waals surface area contributed by atoms with Gasteiger partial charge >= 0.3 is 0 Å². The number of ether oxygens (including phenoxy) is 3. The zero-order valence-corrected chi connectivity index (χ0v) is 25.3. The Labute approximate surface area is 257 Å². The van der Waals surface area contributed by atoms with Crippen LogP contribution in [-0.2, 0) is 4.79 Å². The van der Waals surface area contributed by atoms with Gasteiger partial charge in [0, 0.05) is 30.9 Å². The van der Waals surface area contributed by atoms with Gasteiger partial charge in [0.1, 0.15) is 11.5 Å². The zero-order chi connectivity index (χ0) is 31.2. The first-order chi connectivity index (χ1) is 21.3. The number of hydrogen-bond acceptors (Lipinski definition) is 7. The number of rotatable bonds is 10. The number of benzene rings is 4. The molecule has 0 atom stereocenters. The number of carbonyl (C=O) groups excluding carboxylic acids is 2. The van der Waals surface area contributed by atoms with E-state index in [1.165, 1.54) is 27.4 Å². The lowest BCUT2D eigenvalue weighted by Crippen LogP contribution is -2.32. The number of aliphatic imine (C=N–C) groups is 1. The third kappa shape index (κ3) is 6.24. The number of carbonyl (C=O) groups is 2. The predicted octanol–water partition coefficient (Wildman–Crippen LogP) is 6.51. The molecule has 0 unspecified atom stereocenters. The lowest BCUT2D eigenvalue weighted by Gasteiger charge is -2.18. The average Bonchev–Trinajstić information content (AvgIpc) is 3.38. The molecule has 222 valence electrons. The molecule has 1 amide bonds. The maximum Gasteiger partial charge on any atom is 0.282 e. The van der Waals surface area contributed by atoms with Crippen molar-refractivity contribution in [2.24, 2.45) is 4.99 Å². The topological polar surface area (TPSA) is 80.7 Å². The SMILES string of the molecule is COc1cc(C=CC(=O)c2ccc(N3C(=O)C(=Cc4ccc(N(C)C)cc4)N=C3c3ccccc3)cc2)cc(OC)c1OC. The van der Waals surface area contributed by atoms with Gasteiger partial charge in [-0.2, -0.15) is 0 Å². The molecule has 0 fully saturated rings. The summed E-state index contributed by atoms with van der Waals surface area (Å²) < 4.78 is 16.2. The number of anilines is 2. The number of allylic oxidation sites excluding steroid dienone is 1. The highest BCUT2D eigenvalue weighted by Crippen LogP contribution is 2.38. The number of amides is 1. The van der Waals surface area contributed by atoms with Crippen LogP contribution in [0.3, 0.4) is 0 Å². The Balaban J connectivity index is 1.41. The normalized spacial score (nSPS) is 13.8. The molecule has 0 saturated heterocycles. The first-order valence-electron chi connectivity index (χ1n) is 13.9. The van der Waals surface area contributed by atoms with Gasteiger partial charge in [-0.3, -0.25) is 14.5 Å². The van der Waals surface area contributed by atoms with Crippen LogP contribution < -0.4 is 24.0 Å². The fraction of sp³-hybridized carbons (Fsp3) is 0.139. The molecule has 1 aliphatic heterocycles. The van der Waals surface area contributed by atoms with E-state index in [4.69, 9.17) is 19.2 Å². The highest BCUT2D eigenvalue weighted by atomic mass is 16.5. The highest BCUT2D eigenvalue weighted by Gasteiger charge is 2.32. The standard InChI is InChI=1S/C36H33N3O5/c1-38(2)28-16-11-24(12-17-28)21-30-36(41)39(35(37-30)27-9-7-6-8-10-27)29-18-14-26(15-19-29)31(40)20-13-25-22-32(42-3)34(44-5)33(23-25)43-4/h6-23H,1-5H3. The first-order valence-corrected chi connectivity index (χ1v) is 13.9. The van der Waals surface area contributed by atoms with Crippen molar-refractivity contribution < 1.29 is 23.8 Å². The van der Waals surface area contributed by atoms with E-state index in [9.17, 15) is 9.59 Å². The Morgan fingerprint density at radius 3 is 2.00 bits per heavy atom. The van der Waals surface area contributed by atoms with Gasteiger partial charge in [-0.1, -0.05) is 48.5 Å². The van der Waals surface area contributed by atoms with E-state index in [0.717, 1.165) is 16.8 Å². The summed E-state index contributed by atoms with van der Waals surface area (Å²) in [5.74, 6) is 1.54. The van der Waals surface area contributed by atoms with Gasteiger partial charge in [-0.05, 0) is 71.8 Å². The summed E-state index contributed by atoms with van der Waals surface area (Å²) in [5.41, 5.74) is 4.86. The third-order valence-corrected chi connectivity index (χ3v) is 7.13. The minimum Gasteiger partial charge on any atom is -0.493 e. The van der Waals surface area contributed by atoms with Crippen LogP contribution in [0.5, 0.6) is 17.2 Å². The van der Waals surface area contributed by atoms with E-state index < -0.39 is 0 Å². The molecule has 4 aromatic rings. The second-order valence-corrected chi connectivity index (χ2v) is 10.2. The zero-order valence-electron chi connectivity index (χ0n) is 25.3. The molecule has 0 spiro atoms. The summed E-state index contributed by atoms with van der Waals surface area (Å²) in [6, 6.07) is 27.9. The molecular weight excluding hydrogens is 554 g/mol. The maximum absolute atomic E-state index is 13.7. The van der Waals surface area contributed by atoms with Gasteiger partial charge in [0.05, 0.1) is 27.0 Å². The molecule has 1 aliphatic rings. The van der Waals surface area contributed by atoms with E-state index >= 15 is 0 Å². The molecule has 0 saturated carbocycles. The van der Waals surface area contributed by atoms with Gasteiger partial charge in [0.2, 0.25) is 5.75 Å². The van der Waals surface area contributed by atoms with Crippen LogP contribution in [0.4, 0.5) is 11.4 Å². The third-order valence-electron chi connectivity index (χ3n) is 7.13. The molecule has 0 radical (unpaired) electrons. The Kier molecular flexibility index (Phi) is 8.90. The van der Waals surface area contributed by atoms with E-state index in [-0.39, 0.29) is 11.7 Å². The van der Waals surface area contributed by atoms with Crippen LogP contribution in [0.1, 0.15) is 27.0 Å². The monoisotopic (exact) mass is 587 g/mol. The second kappa shape index (κ2) is 13.1. The molecule has 8 heteroatoms. The van der Waals surface area contributed by atoms with Crippen LogP contribution in [0, 0.1) is 0 Å². The minimum atomic E-state index is -0.248. The van der Waals surface area contributed by atoms with Crippen molar-refractivity contribution in [1.82, 2.24) is 0 Å². The Morgan fingerprint density at radius 2 is 1.43 bits per heavy atom. The van der Waals surface area contributed by atoms with Crippen LogP contribution in [-0.4, -0.2) is 53.0 Å². The number of ketones is 1. The molecular formula is C36H33N3O5. The van der Waals surface area contributed by atoms with Gasteiger partial charge in [0.25, 0.3) is 5.91 Å². The fourth-order valence-corrected chi connectivity index (χ4v) is 4.80. The Morgan fingerprint density at radius 1 is 0.795 bits per heavy atom. The molecule has 8 nitrogen and oxygen atoms in total. The number of methoxy groups -OCH3 is 3. The molecule has 1 heterocycles. The van der Waals surface area contributed by atoms with E-state index in [1.807, 2.05) is 73.6 Å². The van der Waals surface area contributed by atoms with Crippen LogP contribution >= 0.6 is 0 Å². The lowest BCUT2D eigenvalue weighted by atomic mass is 10.1. The van der Waals surface area contributed by atoms with Gasteiger partial charge in [-0.25, -0.2) is 4.99 Å². The van der Waals surface area contributed by atoms with Gasteiger partial charge < -0.3 is 19.1 Å². The van der Waals surface area contributed by atoms with Crippen LogP contribution in [0.25, 0.3) is 12.2 Å². The van der Waals surface area contributed by atoms with Crippen molar-refractivity contribution in [3.63, 3.8) is 0 Å². The smallest absolute Gasteiger partial charge is 0.282 e.